The van der Waals surface area contributed by atoms with Gasteiger partial charge in [-0.1, -0.05) is 53.1 Å². The number of rotatable bonds is 2. The Balaban J connectivity index is 2.07. The molecule has 2 nitrogen and oxygen atoms in total. The minimum Gasteiger partial charge on any atom is -0.456 e. The average Bonchev–Trinajstić information content (AvgIpc) is 2.65. The van der Waals surface area contributed by atoms with Crippen LogP contribution < -0.4 is 5.36 Å². The van der Waals surface area contributed by atoms with E-state index in [4.69, 9.17) is 21.0 Å². The summed E-state index contributed by atoms with van der Waals surface area (Å²) < 4.78 is 6.20. The van der Waals surface area contributed by atoms with Gasteiger partial charge in [0.15, 0.2) is 0 Å². The third kappa shape index (κ3) is 3.48. The fourth-order valence-corrected chi connectivity index (χ4v) is 3.87. The fourth-order valence-electron chi connectivity index (χ4n) is 3.64. The summed E-state index contributed by atoms with van der Waals surface area (Å²) >= 11 is 6.42. The number of halogens is 1. The minimum absolute atomic E-state index is 0.659. The Hall–Kier alpha value is -2.84. The van der Waals surface area contributed by atoms with Crippen LogP contribution in [0.25, 0.3) is 22.3 Å². The van der Waals surface area contributed by atoms with Gasteiger partial charge in [-0.3, -0.25) is 0 Å². The molecule has 0 N–H and O–H groups in total. The van der Waals surface area contributed by atoms with Crippen molar-refractivity contribution in [3.63, 3.8) is 0 Å². The maximum atomic E-state index is 6.42. The largest absolute Gasteiger partial charge is 0.456 e. The second kappa shape index (κ2) is 7.29. The molecule has 0 fully saturated rings. The monoisotopic (exact) mass is 387 g/mol. The standard InChI is InChI=1S/C25H22ClNO/c1-15-9-10-23-20(13-15)22(27-25-17(3)11-16(2)12-18(25)4)14-24(28-23)19-7-5-6-8-21(19)26/h5-14H,1-4H3. The lowest BCUT2D eigenvalue weighted by atomic mass is 10.0. The van der Waals surface area contributed by atoms with Crippen LogP contribution in [0.15, 0.2) is 70.1 Å². The maximum absolute atomic E-state index is 6.42. The van der Waals surface area contributed by atoms with Crippen LogP contribution in [0.3, 0.4) is 0 Å². The van der Waals surface area contributed by atoms with Crippen LogP contribution >= 0.6 is 11.6 Å². The van der Waals surface area contributed by atoms with Crippen LogP contribution in [0.2, 0.25) is 5.02 Å². The van der Waals surface area contributed by atoms with Crippen molar-refractivity contribution < 1.29 is 4.42 Å². The molecule has 0 saturated carbocycles. The van der Waals surface area contributed by atoms with Crippen molar-refractivity contribution >= 4 is 28.3 Å². The van der Waals surface area contributed by atoms with Crippen LogP contribution in [0, 0.1) is 27.7 Å². The third-order valence-corrected chi connectivity index (χ3v) is 5.24. The molecule has 0 aliphatic heterocycles. The van der Waals surface area contributed by atoms with E-state index in [1.807, 2.05) is 42.5 Å². The highest BCUT2D eigenvalue weighted by molar-refractivity contribution is 6.33. The van der Waals surface area contributed by atoms with Gasteiger partial charge in [0, 0.05) is 17.0 Å². The highest BCUT2D eigenvalue weighted by Crippen LogP contribution is 2.30. The van der Waals surface area contributed by atoms with Crippen molar-refractivity contribution in [2.75, 3.05) is 0 Å². The topological polar surface area (TPSA) is 25.5 Å². The van der Waals surface area contributed by atoms with Crippen molar-refractivity contribution in [2.45, 2.75) is 27.7 Å². The highest BCUT2D eigenvalue weighted by Gasteiger charge is 2.10. The predicted octanol–water partition coefficient (Wildman–Crippen LogP) is 7.22. The van der Waals surface area contributed by atoms with Crippen LogP contribution in [0.4, 0.5) is 5.69 Å². The number of nitrogens with zero attached hydrogens (tertiary/aromatic N) is 1. The Labute approximate surface area is 170 Å². The smallest absolute Gasteiger partial charge is 0.138 e. The van der Waals surface area contributed by atoms with E-state index in [0.29, 0.717) is 10.8 Å². The fraction of sp³-hybridized carbons (Fsp3) is 0.160. The lowest BCUT2D eigenvalue weighted by molar-refractivity contribution is 0.618. The Morgan fingerprint density at radius 1 is 0.786 bits per heavy atom. The van der Waals surface area contributed by atoms with E-state index in [2.05, 4.69) is 45.9 Å². The van der Waals surface area contributed by atoms with Gasteiger partial charge >= 0.3 is 0 Å². The molecular weight excluding hydrogens is 366 g/mol. The zero-order valence-electron chi connectivity index (χ0n) is 16.5. The zero-order chi connectivity index (χ0) is 19.8. The van der Waals surface area contributed by atoms with Gasteiger partial charge in [-0.05, 0) is 63.1 Å². The summed E-state index contributed by atoms with van der Waals surface area (Å²) in [5.41, 5.74) is 7.41. The van der Waals surface area contributed by atoms with Crippen molar-refractivity contribution in [2.24, 2.45) is 4.99 Å². The van der Waals surface area contributed by atoms with Crippen LogP contribution in [-0.2, 0) is 0 Å². The second-order valence-corrected chi connectivity index (χ2v) is 7.74. The molecule has 1 aromatic heterocycles. The van der Waals surface area contributed by atoms with Crippen molar-refractivity contribution in [1.29, 1.82) is 0 Å². The molecule has 0 bridgehead atoms. The number of benzene rings is 3. The molecule has 1 heterocycles. The summed E-state index contributed by atoms with van der Waals surface area (Å²) in [4.78, 5) is 5.06. The van der Waals surface area contributed by atoms with E-state index in [9.17, 15) is 0 Å². The Morgan fingerprint density at radius 2 is 1.50 bits per heavy atom. The number of aryl methyl sites for hydroxylation is 4. The van der Waals surface area contributed by atoms with E-state index in [-0.39, 0.29) is 0 Å². The number of fused-ring (bicyclic) bond motifs is 1. The molecule has 140 valence electrons. The maximum Gasteiger partial charge on any atom is 0.138 e. The first-order valence-corrected chi connectivity index (χ1v) is 9.72. The zero-order valence-corrected chi connectivity index (χ0v) is 17.3. The molecule has 0 radical (unpaired) electrons. The first kappa shape index (κ1) is 18.5. The average molecular weight is 388 g/mol. The van der Waals surface area contributed by atoms with Crippen LogP contribution in [-0.4, -0.2) is 0 Å². The number of hydrogen-bond acceptors (Lipinski definition) is 2. The summed E-state index contributed by atoms with van der Waals surface area (Å²) in [6, 6.07) is 20.2. The van der Waals surface area contributed by atoms with Gasteiger partial charge in [-0.2, -0.15) is 0 Å². The summed E-state index contributed by atoms with van der Waals surface area (Å²) in [6.45, 7) is 8.40. The molecule has 0 unspecified atom stereocenters. The Kier molecular flexibility index (Phi) is 4.82. The van der Waals surface area contributed by atoms with Crippen LogP contribution in [0.1, 0.15) is 22.3 Å². The van der Waals surface area contributed by atoms with Gasteiger partial charge in [0.05, 0.1) is 16.1 Å². The Morgan fingerprint density at radius 3 is 2.21 bits per heavy atom. The van der Waals surface area contributed by atoms with Gasteiger partial charge in [0.25, 0.3) is 0 Å². The molecule has 3 aromatic carbocycles. The quantitative estimate of drug-likeness (QED) is 0.356. The summed E-state index contributed by atoms with van der Waals surface area (Å²) in [5.74, 6) is 0.711. The predicted molar refractivity (Wildman–Crippen MR) is 117 cm³/mol. The van der Waals surface area contributed by atoms with Crippen molar-refractivity contribution in [1.82, 2.24) is 0 Å². The molecule has 0 atom stereocenters. The molecular formula is C25H22ClNO. The molecule has 0 aliphatic carbocycles. The normalized spacial score (nSPS) is 12.0. The van der Waals surface area contributed by atoms with E-state index in [0.717, 1.165) is 27.6 Å². The van der Waals surface area contributed by atoms with Gasteiger partial charge in [0.1, 0.15) is 11.3 Å². The third-order valence-electron chi connectivity index (χ3n) is 4.91. The summed E-state index contributed by atoms with van der Waals surface area (Å²) in [5, 5.41) is 2.54. The van der Waals surface area contributed by atoms with E-state index in [1.54, 1.807) is 0 Å². The molecule has 28 heavy (non-hydrogen) atoms. The summed E-state index contributed by atoms with van der Waals surface area (Å²) in [6.07, 6.45) is 0. The molecule has 0 saturated heterocycles. The van der Waals surface area contributed by atoms with Crippen LogP contribution in [0.5, 0.6) is 0 Å². The Bertz CT molecular complexity index is 1240. The SMILES string of the molecule is Cc1cc(C)c(N=c2cc(-c3ccccc3Cl)oc3ccc(C)cc23)c(C)c1. The lowest BCUT2D eigenvalue weighted by Gasteiger charge is -2.09. The molecule has 0 spiro atoms. The number of hydrogen-bond donors (Lipinski definition) is 0. The van der Waals surface area contributed by atoms with Gasteiger partial charge < -0.3 is 4.42 Å². The molecule has 0 aliphatic rings. The molecule has 4 aromatic rings. The van der Waals surface area contributed by atoms with Crippen molar-refractivity contribution in [3.05, 3.63) is 93.3 Å². The summed E-state index contributed by atoms with van der Waals surface area (Å²) in [7, 11) is 0. The van der Waals surface area contributed by atoms with Crippen molar-refractivity contribution in [3.8, 4) is 11.3 Å². The van der Waals surface area contributed by atoms with E-state index >= 15 is 0 Å². The van der Waals surface area contributed by atoms with Gasteiger partial charge in [-0.25, -0.2) is 4.99 Å². The van der Waals surface area contributed by atoms with Gasteiger partial charge in [0.2, 0.25) is 0 Å². The van der Waals surface area contributed by atoms with E-state index < -0.39 is 0 Å². The minimum atomic E-state index is 0.659. The van der Waals surface area contributed by atoms with Gasteiger partial charge in [-0.15, -0.1) is 0 Å². The van der Waals surface area contributed by atoms with E-state index in [1.165, 1.54) is 22.3 Å². The molecule has 0 amide bonds. The lowest BCUT2D eigenvalue weighted by Crippen LogP contribution is -2.04. The molecule has 4 rings (SSSR count). The second-order valence-electron chi connectivity index (χ2n) is 7.33. The first-order chi connectivity index (χ1) is 13.4. The molecule has 3 heteroatoms. The first-order valence-electron chi connectivity index (χ1n) is 9.34. The highest BCUT2D eigenvalue weighted by atomic mass is 35.5.